The molecule has 1 N–H and O–H groups in total. The van der Waals surface area contributed by atoms with Gasteiger partial charge in [-0.1, -0.05) is 56.3 Å². The Morgan fingerprint density at radius 2 is 1.58 bits per heavy atom. The molecule has 0 spiro atoms. The van der Waals surface area contributed by atoms with Crippen molar-refractivity contribution in [3.8, 4) is 16.9 Å². The molecule has 2 aromatic rings. The van der Waals surface area contributed by atoms with E-state index in [1.165, 1.54) is 0 Å². The molecule has 0 aromatic heterocycles. The van der Waals surface area contributed by atoms with Crippen LogP contribution in [0.2, 0.25) is 0 Å². The molecule has 2 rings (SSSR count). The van der Waals surface area contributed by atoms with Crippen molar-refractivity contribution in [1.82, 2.24) is 5.32 Å². The number of benzene rings is 2. The number of hydrogen-bond acceptors (Lipinski definition) is 4. The minimum atomic E-state index is -0.573. The fourth-order valence-electron chi connectivity index (χ4n) is 2.26. The van der Waals surface area contributed by atoms with Gasteiger partial charge in [-0.05, 0) is 35.6 Å². The summed E-state index contributed by atoms with van der Waals surface area (Å²) in [7, 11) is 0. The minimum Gasteiger partial charge on any atom is -0.482 e. The number of rotatable bonds is 9. The maximum absolute atomic E-state index is 11.7. The minimum absolute atomic E-state index is 0.232. The quantitative estimate of drug-likeness (QED) is 0.700. The fourth-order valence-corrected chi connectivity index (χ4v) is 2.26. The Bertz CT molecular complexity index is 696. The van der Waals surface area contributed by atoms with E-state index in [2.05, 4.69) is 19.2 Å². The highest BCUT2D eigenvalue weighted by Crippen LogP contribution is 2.21. The van der Waals surface area contributed by atoms with Crippen LogP contribution in [0.5, 0.6) is 5.75 Å². The molecule has 1 amide bonds. The van der Waals surface area contributed by atoms with Gasteiger partial charge in [0.2, 0.25) is 0 Å². The van der Waals surface area contributed by atoms with Gasteiger partial charge in [-0.3, -0.25) is 4.79 Å². The number of nitrogens with one attached hydrogen (secondary N) is 1. The first-order valence-corrected chi connectivity index (χ1v) is 8.75. The molecular weight excluding hydrogens is 330 g/mol. The smallest absolute Gasteiger partial charge is 0.344 e. The Balaban J connectivity index is 1.70. The van der Waals surface area contributed by atoms with Crippen LogP contribution in [0.3, 0.4) is 0 Å². The van der Waals surface area contributed by atoms with E-state index in [1.54, 1.807) is 12.1 Å². The lowest BCUT2D eigenvalue weighted by Crippen LogP contribution is -2.31. The van der Waals surface area contributed by atoms with Gasteiger partial charge in [0.25, 0.3) is 5.91 Å². The van der Waals surface area contributed by atoms with E-state index >= 15 is 0 Å². The first-order chi connectivity index (χ1) is 12.5. The molecule has 0 aliphatic heterocycles. The molecule has 0 bridgehead atoms. The molecule has 26 heavy (non-hydrogen) atoms. The topological polar surface area (TPSA) is 64.6 Å². The second-order valence-electron chi connectivity index (χ2n) is 6.37. The summed E-state index contributed by atoms with van der Waals surface area (Å²) >= 11 is 0. The van der Waals surface area contributed by atoms with Crippen molar-refractivity contribution in [3.05, 3.63) is 54.6 Å². The summed E-state index contributed by atoms with van der Waals surface area (Å²) in [6.07, 6.45) is 0.891. The van der Waals surface area contributed by atoms with Gasteiger partial charge in [-0.15, -0.1) is 0 Å². The molecule has 0 atom stereocenters. The van der Waals surface area contributed by atoms with E-state index in [1.807, 2.05) is 42.5 Å². The molecule has 0 fully saturated rings. The molecular formula is C21H25NO4. The second-order valence-corrected chi connectivity index (χ2v) is 6.37. The molecule has 5 nitrogen and oxygen atoms in total. The molecule has 0 saturated heterocycles. The third kappa shape index (κ3) is 6.97. The lowest BCUT2D eigenvalue weighted by molar-refractivity contribution is -0.150. The van der Waals surface area contributed by atoms with Gasteiger partial charge in [0, 0.05) is 6.54 Å². The monoisotopic (exact) mass is 355 g/mol. The van der Waals surface area contributed by atoms with Gasteiger partial charge in [-0.2, -0.15) is 0 Å². The average Bonchev–Trinajstić information content (AvgIpc) is 2.65. The summed E-state index contributed by atoms with van der Waals surface area (Å²) in [5.74, 6) is 0.213. The molecule has 0 unspecified atom stereocenters. The Kier molecular flexibility index (Phi) is 7.68. The van der Waals surface area contributed by atoms with Crippen molar-refractivity contribution < 1.29 is 19.1 Å². The molecule has 0 heterocycles. The van der Waals surface area contributed by atoms with E-state index in [0.717, 1.165) is 17.5 Å². The number of carbonyl (C=O) groups excluding carboxylic acids is 2. The van der Waals surface area contributed by atoms with Crippen molar-refractivity contribution in [2.75, 3.05) is 19.8 Å². The van der Waals surface area contributed by atoms with E-state index in [-0.39, 0.29) is 19.1 Å². The van der Waals surface area contributed by atoms with Crippen LogP contribution in [-0.2, 0) is 14.3 Å². The Morgan fingerprint density at radius 3 is 2.23 bits per heavy atom. The van der Waals surface area contributed by atoms with Crippen molar-refractivity contribution in [2.45, 2.75) is 20.3 Å². The summed E-state index contributed by atoms with van der Waals surface area (Å²) in [4.78, 5) is 23.2. The molecule has 5 heteroatoms. The Hall–Kier alpha value is -2.82. The standard InChI is InChI=1S/C21H25NO4/c1-16(2)12-13-22-20(23)14-26-21(24)15-25-19-10-8-18(9-11-19)17-6-4-3-5-7-17/h3-11,16H,12-15H2,1-2H3,(H,22,23). The zero-order valence-corrected chi connectivity index (χ0v) is 15.2. The van der Waals surface area contributed by atoms with Crippen LogP contribution in [0.1, 0.15) is 20.3 Å². The van der Waals surface area contributed by atoms with Crippen LogP contribution in [0.25, 0.3) is 11.1 Å². The van der Waals surface area contributed by atoms with E-state index in [9.17, 15) is 9.59 Å². The van der Waals surface area contributed by atoms with Crippen molar-refractivity contribution >= 4 is 11.9 Å². The van der Waals surface area contributed by atoms with Crippen LogP contribution in [0.4, 0.5) is 0 Å². The first kappa shape index (κ1) is 19.5. The second kappa shape index (κ2) is 10.2. The zero-order chi connectivity index (χ0) is 18.8. The van der Waals surface area contributed by atoms with Crippen LogP contribution >= 0.6 is 0 Å². The number of amides is 1. The predicted molar refractivity (Wildman–Crippen MR) is 101 cm³/mol. The highest BCUT2D eigenvalue weighted by atomic mass is 16.6. The van der Waals surface area contributed by atoms with Crippen molar-refractivity contribution in [2.24, 2.45) is 5.92 Å². The van der Waals surface area contributed by atoms with Crippen molar-refractivity contribution in [1.29, 1.82) is 0 Å². The SMILES string of the molecule is CC(C)CCNC(=O)COC(=O)COc1ccc(-c2ccccc2)cc1. The van der Waals surface area contributed by atoms with Gasteiger partial charge >= 0.3 is 5.97 Å². The third-order valence-electron chi connectivity index (χ3n) is 3.73. The highest BCUT2D eigenvalue weighted by molar-refractivity contribution is 5.80. The van der Waals surface area contributed by atoms with E-state index in [0.29, 0.717) is 18.2 Å². The predicted octanol–water partition coefficient (Wildman–Crippen LogP) is 3.44. The van der Waals surface area contributed by atoms with E-state index < -0.39 is 5.97 Å². The maximum atomic E-state index is 11.7. The van der Waals surface area contributed by atoms with E-state index in [4.69, 9.17) is 9.47 Å². The molecule has 2 aromatic carbocycles. The first-order valence-electron chi connectivity index (χ1n) is 8.75. The van der Waals surface area contributed by atoms with Gasteiger partial charge in [0.1, 0.15) is 5.75 Å². The van der Waals surface area contributed by atoms with Crippen LogP contribution in [0.15, 0.2) is 54.6 Å². The lowest BCUT2D eigenvalue weighted by Gasteiger charge is -2.09. The number of ether oxygens (including phenoxy) is 2. The maximum Gasteiger partial charge on any atom is 0.344 e. The zero-order valence-electron chi connectivity index (χ0n) is 15.2. The summed E-state index contributed by atoms with van der Waals surface area (Å²) < 4.78 is 10.3. The average molecular weight is 355 g/mol. The Labute approximate surface area is 154 Å². The lowest BCUT2D eigenvalue weighted by atomic mass is 10.1. The summed E-state index contributed by atoms with van der Waals surface area (Å²) in [5.41, 5.74) is 2.18. The summed E-state index contributed by atoms with van der Waals surface area (Å²) in [6.45, 7) is 4.22. The normalized spacial score (nSPS) is 10.4. The van der Waals surface area contributed by atoms with Crippen molar-refractivity contribution in [3.63, 3.8) is 0 Å². The molecule has 0 saturated carbocycles. The number of hydrogen-bond donors (Lipinski definition) is 1. The van der Waals surface area contributed by atoms with Gasteiger partial charge in [-0.25, -0.2) is 4.79 Å². The summed E-state index contributed by atoms with van der Waals surface area (Å²) in [5, 5.41) is 2.71. The largest absolute Gasteiger partial charge is 0.482 e. The van der Waals surface area contributed by atoms with Gasteiger partial charge in [0.05, 0.1) is 0 Å². The highest BCUT2D eigenvalue weighted by Gasteiger charge is 2.08. The van der Waals surface area contributed by atoms with Crippen LogP contribution < -0.4 is 10.1 Å². The molecule has 0 aliphatic rings. The Morgan fingerprint density at radius 1 is 0.923 bits per heavy atom. The molecule has 0 radical (unpaired) electrons. The van der Waals surface area contributed by atoms with Gasteiger partial charge in [0.15, 0.2) is 13.2 Å². The number of carbonyl (C=O) groups is 2. The third-order valence-corrected chi connectivity index (χ3v) is 3.73. The summed E-state index contributed by atoms with van der Waals surface area (Å²) in [6, 6.07) is 17.4. The van der Waals surface area contributed by atoms with Gasteiger partial charge < -0.3 is 14.8 Å². The fraction of sp³-hybridized carbons (Fsp3) is 0.333. The number of esters is 1. The molecule has 0 aliphatic carbocycles. The molecule has 138 valence electrons. The van der Waals surface area contributed by atoms with Crippen LogP contribution in [0, 0.1) is 5.92 Å². The van der Waals surface area contributed by atoms with Crippen LogP contribution in [-0.4, -0.2) is 31.6 Å².